The maximum absolute atomic E-state index is 9.61. The lowest BCUT2D eigenvalue weighted by Crippen LogP contribution is -2.11. The number of hydrogen-bond acceptors (Lipinski definition) is 4. The lowest BCUT2D eigenvalue weighted by Gasteiger charge is -2.07. The molecule has 0 aliphatic carbocycles. The maximum atomic E-state index is 9.61. The van der Waals surface area contributed by atoms with E-state index in [2.05, 4.69) is 5.32 Å². The minimum atomic E-state index is 0.162. The first-order valence-corrected chi connectivity index (χ1v) is 5.37. The molecule has 1 heterocycles. The number of rotatable bonds is 5. The smallest absolute Gasteiger partial charge is 0.160 e. The van der Waals surface area contributed by atoms with Gasteiger partial charge in [0.15, 0.2) is 11.5 Å². The molecule has 90 valence electrons. The molecule has 0 saturated carbocycles. The largest absolute Gasteiger partial charge is 0.504 e. The Morgan fingerprint density at radius 1 is 1.24 bits per heavy atom. The predicted molar refractivity (Wildman–Crippen MR) is 63.9 cm³/mol. The van der Waals surface area contributed by atoms with E-state index in [0.717, 1.165) is 17.7 Å². The molecular formula is C13H15NO3. The molecule has 1 aromatic carbocycles. The lowest BCUT2D eigenvalue weighted by atomic mass is 10.2. The zero-order valence-corrected chi connectivity index (χ0v) is 9.64. The highest BCUT2D eigenvalue weighted by atomic mass is 16.5. The van der Waals surface area contributed by atoms with Crippen LogP contribution in [0.4, 0.5) is 0 Å². The molecule has 0 bridgehead atoms. The van der Waals surface area contributed by atoms with Gasteiger partial charge in [0, 0.05) is 18.7 Å². The summed E-state index contributed by atoms with van der Waals surface area (Å²) in [5.74, 6) is 0.652. The predicted octanol–water partition coefficient (Wildman–Crippen LogP) is 2.28. The van der Waals surface area contributed by atoms with Gasteiger partial charge in [-0.05, 0) is 23.8 Å². The average Bonchev–Trinajstić information content (AvgIpc) is 2.82. The van der Waals surface area contributed by atoms with Crippen molar-refractivity contribution in [2.24, 2.45) is 0 Å². The van der Waals surface area contributed by atoms with Crippen molar-refractivity contribution in [3.63, 3.8) is 0 Å². The van der Waals surface area contributed by atoms with Crippen LogP contribution in [0.3, 0.4) is 0 Å². The molecule has 17 heavy (non-hydrogen) atoms. The first-order chi connectivity index (χ1) is 8.29. The van der Waals surface area contributed by atoms with Crippen LogP contribution in [-0.4, -0.2) is 12.2 Å². The van der Waals surface area contributed by atoms with Crippen LogP contribution in [0.25, 0.3) is 0 Å². The van der Waals surface area contributed by atoms with Gasteiger partial charge in [0.2, 0.25) is 0 Å². The third-order valence-electron chi connectivity index (χ3n) is 2.48. The summed E-state index contributed by atoms with van der Waals surface area (Å²) >= 11 is 0. The van der Waals surface area contributed by atoms with Gasteiger partial charge in [-0.2, -0.15) is 0 Å². The van der Waals surface area contributed by atoms with Gasteiger partial charge >= 0.3 is 0 Å². The minimum Gasteiger partial charge on any atom is -0.504 e. The number of furan rings is 1. The molecule has 0 saturated heterocycles. The maximum Gasteiger partial charge on any atom is 0.160 e. The normalized spacial score (nSPS) is 10.4. The van der Waals surface area contributed by atoms with Crippen molar-refractivity contribution in [3.05, 3.63) is 47.9 Å². The Kier molecular flexibility index (Phi) is 3.67. The van der Waals surface area contributed by atoms with Crippen LogP contribution in [0.2, 0.25) is 0 Å². The molecule has 0 unspecified atom stereocenters. The molecule has 4 heteroatoms. The Balaban J connectivity index is 1.89. The average molecular weight is 233 g/mol. The van der Waals surface area contributed by atoms with E-state index in [9.17, 15) is 5.11 Å². The summed E-state index contributed by atoms with van der Waals surface area (Å²) in [5.41, 5.74) is 2.11. The van der Waals surface area contributed by atoms with Crippen molar-refractivity contribution < 1.29 is 14.3 Å². The fraction of sp³-hybridized carbons (Fsp3) is 0.231. The summed E-state index contributed by atoms with van der Waals surface area (Å²) in [7, 11) is 1.53. The SMILES string of the molecule is COc1ccc(CNCc2ccoc2)cc1O. The molecular weight excluding hydrogens is 218 g/mol. The van der Waals surface area contributed by atoms with Crippen molar-refractivity contribution in [1.82, 2.24) is 5.32 Å². The van der Waals surface area contributed by atoms with Gasteiger partial charge in [-0.1, -0.05) is 6.07 Å². The number of phenols is 1. The second-order valence-corrected chi connectivity index (χ2v) is 3.74. The molecule has 2 aromatic rings. The Morgan fingerprint density at radius 3 is 2.71 bits per heavy atom. The minimum absolute atomic E-state index is 0.162. The second-order valence-electron chi connectivity index (χ2n) is 3.74. The standard InChI is InChI=1S/C13H15NO3/c1-16-13-3-2-10(6-12(13)15)7-14-8-11-4-5-17-9-11/h2-6,9,14-15H,7-8H2,1H3. The van der Waals surface area contributed by atoms with Crippen LogP contribution in [0.5, 0.6) is 11.5 Å². The van der Waals surface area contributed by atoms with Crippen LogP contribution >= 0.6 is 0 Å². The van der Waals surface area contributed by atoms with Crippen molar-refractivity contribution in [3.8, 4) is 11.5 Å². The van der Waals surface area contributed by atoms with Gasteiger partial charge in [-0.25, -0.2) is 0 Å². The molecule has 0 spiro atoms. The van der Waals surface area contributed by atoms with E-state index in [1.807, 2.05) is 12.1 Å². The van der Waals surface area contributed by atoms with E-state index in [1.54, 1.807) is 24.7 Å². The summed E-state index contributed by atoms with van der Waals surface area (Å²) < 4.78 is 9.95. The highest BCUT2D eigenvalue weighted by Crippen LogP contribution is 2.26. The number of ether oxygens (including phenoxy) is 1. The van der Waals surface area contributed by atoms with Gasteiger partial charge in [-0.3, -0.25) is 0 Å². The van der Waals surface area contributed by atoms with Crippen LogP contribution in [0.15, 0.2) is 41.2 Å². The van der Waals surface area contributed by atoms with E-state index in [1.165, 1.54) is 7.11 Å². The molecule has 2 N–H and O–H groups in total. The lowest BCUT2D eigenvalue weighted by molar-refractivity contribution is 0.373. The summed E-state index contributed by atoms with van der Waals surface area (Å²) in [5, 5.41) is 12.9. The monoisotopic (exact) mass is 233 g/mol. The molecule has 0 aliphatic rings. The van der Waals surface area contributed by atoms with E-state index in [0.29, 0.717) is 12.3 Å². The molecule has 1 aromatic heterocycles. The Morgan fingerprint density at radius 2 is 2.06 bits per heavy atom. The van der Waals surface area contributed by atoms with Gasteiger partial charge in [-0.15, -0.1) is 0 Å². The van der Waals surface area contributed by atoms with E-state index in [4.69, 9.17) is 9.15 Å². The number of aromatic hydroxyl groups is 1. The summed E-state index contributed by atoms with van der Waals surface area (Å²) in [6.07, 6.45) is 3.36. The van der Waals surface area contributed by atoms with Gasteiger partial charge < -0.3 is 19.6 Å². The molecule has 0 radical (unpaired) electrons. The number of benzene rings is 1. The van der Waals surface area contributed by atoms with Gasteiger partial charge in [0.25, 0.3) is 0 Å². The Labute approximate surface area is 99.8 Å². The third kappa shape index (κ3) is 3.01. The molecule has 4 nitrogen and oxygen atoms in total. The Hall–Kier alpha value is -1.94. The van der Waals surface area contributed by atoms with Crippen LogP contribution in [-0.2, 0) is 13.1 Å². The zero-order chi connectivity index (χ0) is 12.1. The number of phenolic OH excluding ortho intramolecular Hbond substituents is 1. The van der Waals surface area contributed by atoms with E-state index >= 15 is 0 Å². The van der Waals surface area contributed by atoms with Crippen molar-refractivity contribution in [2.45, 2.75) is 13.1 Å². The van der Waals surface area contributed by atoms with Gasteiger partial charge in [0.1, 0.15) is 0 Å². The van der Waals surface area contributed by atoms with E-state index < -0.39 is 0 Å². The molecule has 0 aliphatic heterocycles. The molecule has 0 atom stereocenters. The van der Waals surface area contributed by atoms with Crippen molar-refractivity contribution >= 4 is 0 Å². The van der Waals surface area contributed by atoms with Crippen LogP contribution in [0, 0.1) is 0 Å². The van der Waals surface area contributed by atoms with Gasteiger partial charge in [0.05, 0.1) is 19.6 Å². The van der Waals surface area contributed by atoms with Crippen molar-refractivity contribution in [2.75, 3.05) is 7.11 Å². The second kappa shape index (κ2) is 5.41. The number of nitrogens with one attached hydrogen (secondary N) is 1. The van der Waals surface area contributed by atoms with Crippen molar-refractivity contribution in [1.29, 1.82) is 0 Å². The first-order valence-electron chi connectivity index (χ1n) is 5.37. The topological polar surface area (TPSA) is 54.6 Å². The van der Waals surface area contributed by atoms with Crippen LogP contribution in [0.1, 0.15) is 11.1 Å². The molecule has 0 amide bonds. The summed E-state index contributed by atoms with van der Waals surface area (Å²) in [4.78, 5) is 0. The number of methoxy groups -OCH3 is 1. The molecule has 2 rings (SSSR count). The number of hydrogen-bond donors (Lipinski definition) is 2. The highest BCUT2D eigenvalue weighted by Gasteiger charge is 2.02. The van der Waals surface area contributed by atoms with Crippen LogP contribution < -0.4 is 10.1 Å². The summed E-state index contributed by atoms with van der Waals surface area (Å²) in [6.45, 7) is 1.42. The highest BCUT2D eigenvalue weighted by molar-refractivity contribution is 5.41. The quantitative estimate of drug-likeness (QED) is 0.832. The van der Waals surface area contributed by atoms with E-state index in [-0.39, 0.29) is 5.75 Å². The molecule has 0 fully saturated rings. The Bertz CT molecular complexity index is 466. The first kappa shape index (κ1) is 11.5. The third-order valence-corrected chi connectivity index (χ3v) is 2.48. The fourth-order valence-corrected chi connectivity index (χ4v) is 1.59. The fourth-order valence-electron chi connectivity index (χ4n) is 1.59. The zero-order valence-electron chi connectivity index (χ0n) is 9.64. The summed E-state index contributed by atoms with van der Waals surface area (Å²) in [6, 6.07) is 7.28.